The highest BCUT2D eigenvalue weighted by atomic mass is 16.2. The Morgan fingerprint density at radius 3 is 2.50 bits per heavy atom. The number of piperidine rings is 1. The molecule has 2 fully saturated rings. The van der Waals surface area contributed by atoms with Gasteiger partial charge < -0.3 is 20.4 Å². The Hall–Kier alpha value is -1.92. The van der Waals surface area contributed by atoms with Crippen molar-refractivity contribution in [2.45, 2.75) is 32.2 Å². The number of likely N-dealkylation sites (tertiary alicyclic amines) is 1. The average molecular weight is 358 g/mol. The summed E-state index contributed by atoms with van der Waals surface area (Å²) in [6, 6.07) is 7.92. The molecule has 2 heterocycles. The van der Waals surface area contributed by atoms with E-state index in [0.717, 1.165) is 69.8 Å². The van der Waals surface area contributed by atoms with Crippen LogP contribution in [0.5, 0.6) is 0 Å². The molecule has 2 aliphatic heterocycles. The molecule has 0 aliphatic carbocycles. The van der Waals surface area contributed by atoms with E-state index >= 15 is 0 Å². The van der Waals surface area contributed by atoms with Gasteiger partial charge in [-0.2, -0.15) is 0 Å². The summed E-state index contributed by atoms with van der Waals surface area (Å²) in [5.41, 5.74) is 1.77. The molecule has 1 aromatic carbocycles. The van der Waals surface area contributed by atoms with Gasteiger partial charge in [-0.25, -0.2) is 0 Å². The Balaban J connectivity index is 1.38. The maximum absolute atomic E-state index is 12.4. The molecule has 1 aromatic rings. The first-order valence-corrected chi connectivity index (χ1v) is 9.71. The number of carbonyl (C=O) groups excluding carboxylic acids is 2. The Labute approximate surface area is 155 Å². The highest BCUT2D eigenvalue weighted by molar-refractivity contribution is 5.95. The molecule has 6 nitrogen and oxygen atoms in total. The number of nitrogens with one attached hydrogen (secondary N) is 2. The molecule has 6 heteroatoms. The maximum atomic E-state index is 12.4. The molecule has 0 radical (unpaired) electrons. The Morgan fingerprint density at radius 2 is 1.81 bits per heavy atom. The third-order valence-corrected chi connectivity index (χ3v) is 5.42. The number of amides is 2. The first-order chi connectivity index (χ1) is 12.6. The third-order valence-electron chi connectivity index (χ3n) is 5.42. The molecule has 0 spiro atoms. The van der Waals surface area contributed by atoms with Gasteiger partial charge in [0.15, 0.2) is 0 Å². The van der Waals surface area contributed by atoms with Crippen LogP contribution in [0.1, 0.15) is 35.2 Å². The van der Waals surface area contributed by atoms with Crippen LogP contribution in [0.3, 0.4) is 0 Å². The topological polar surface area (TPSA) is 64.7 Å². The molecule has 0 saturated carbocycles. The lowest BCUT2D eigenvalue weighted by Crippen LogP contribution is -2.48. The molecule has 0 atom stereocenters. The number of hydrogen-bond acceptors (Lipinski definition) is 4. The third kappa shape index (κ3) is 5.05. The van der Waals surface area contributed by atoms with Gasteiger partial charge >= 0.3 is 0 Å². The van der Waals surface area contributed by atoms with E-state index in [1.54, 1.807) is 0 Å². The summed E-state index contributed by atoms with van der Waals surface area (Å²) in [6.07, 6.45) is 2.49. The number of piperazine rings is 1. The molecule has 2 saturated heterocycles. The van der Waals surface area contributed by atoms with Gasteiger partial charge in [0.25, 0.3) is 5.91 Å². The molecule has 0 unspecified atom stereocenters. The molecular weight excluding hydrogens is 328 g/mol. The number of carbonyl (C=O) groups is 2. The molecule has 2 N–H and O–H groups in total. The quantitative estimate of drug-likeness (QED) is 0.825. The van der Waals surface area contributed by atoms with Crippen molar-refractivity contribution >= 4 is 11.8 Å². The van der Waals surface area contributed by atoms with E-state index in [1.165, 1.54) is 0 Å². The highest BCUT2D eigenvalue weighted by Gasteiger charge is 2.23. The van der Waals surface area contributed by atoms with Crippen LogP contribution in [0.25, 0.3) is 0 Å². The zero-order chi connectivity index (χ0) is 18.4. The van der Waals surface area contributed by atoms with Gasteiger partial charge in [0, 0.05) is 63.8 Å². The van der Waals surface area contributed by atoms with E-state index in [-0.39, 0.29) is 17.9 Å². The molecule has 0 bridgehead atoms. The van der Waals surface area contributed by atoms with Gasteiger partial charge in [-0.05, 0) is 31.4 Å². The number of rotatable bonds is 5. The van der Waals surface area contributed by atoms with Gasteiger partial charge in [0.2, 0.25) is 5.91 Å². The van der Waals surface area contributed by atoms with Crippen LogP contribution in [0.15, 0.2) is 24.3 Å². The first kappa shape index (κ1) is 18.9. The number of benzene rings is 1. The summed E-state index contributed by atoms with van der Waals surface area (Å²) < 4.78 is 0. The van der Waals surface area contributed by atoms with Crippen LogP contribution in [-0.2, 0) is 4.79 Å². The van der Waals surface area contributed by atoms with Crippen molar-refractivity contribution < 1.29 is 9.59 Å². The van der Waals surface area contributed by atoms with Crippen molar-refractivity contribution in [3.63, 3.8) is 0 Å². The summed E-state index contributed by atoms with van der Waals surface area (Å²) in [5, 5.41) is 6.44. The molecule has 26 heavy (non-hydrogen) atoms. The van der Waals surface area contributed by atoms with Crippen molar-refractivity contribution in [2.24, 2.45) is 0 Å². The molecule has 3 rings (SSSR count). The van der Waals surface area contributed by atoms with E-state index in [9.17, 15) is 9.59 Å². The van der Waals surface area contributed by atoms with E-state index in [0.29, 0.717) is 6.42 Å². The van der Waals surface area contributed by atoms with Crippen molar-refractivity contribution in [3.8, 4) is 0 Å². The predicted molar refractivity (Wildman–Crippen MR) is 102 cm³/mol. The highest BCUT2D eigenvalue weighted by Crippen LogP contribution is 2.13. The van der Waals surface area contributed by atoms with Gasteiger partial charge in [-0.3, -0.25) is 9.59 Å². The van der Waals surface area contributed by atoms with E-state index in [2.05, 4.69) is 15.5 Å². The molecule has 142 valence electrons. The zero-order valence-corrected chi connectivity index (χ0v) is 15.7. The van der Waals surface area contributed by atoms with Gasteiger partial charge in [0.1, 0.15) is 0 Å². The van der Waals surface area contributed by atoms with E-state index < -0.39 is 0 Å². The van der Waals surface area contributed by atoms with Gasteiger partial charge in [0.05, 0.1) is 0 Å². The van der Waals surface area contributed by atoms with Crippen LogP contribution in [0, 0.1) is 6.92 Å². The monoisotopic (exact) mass is 358 g/mol. The predicted octanol–water partition coefficient (Wildman–Crippen LogP) is 1.01. The molecular formula is C20H30N4O2. The fourth-order valence-corrected chi connectivity index (χ4v) is 3.72. The zero-order valence-electron chi connectivity index (χ0n) is 15.7. The van der Waals surface area contributed by atoms with Crippen molar-refractivity contribution in [1.82, 2.24) is 20.4 Å². The molecule has 0 aromatic heterocycles. The minimum atomic E-state index is 0.0236. The maximum Gasteiger partial charge on any atom is 0.251 e. The van der Waals surface area contributed by atoms with Crippen LogP contribution >= 0.6 is 0 Å². The van der Waals surface area contributed by atoms with Crippen LogP contribution in [0.2, 0.25) is 0 Å². The lowest BCUT2D eigenvalue weighted by molar-refractivity contribution is -0.132. The van der Waals surface area contributed by atoms with E-state index in [1.807, 2.05) is 36.1 Å². The Bertz CT molecular complexity index is 620. The first-order valence-electron chi connectivity index (χ1n) is 9.71. The number of aryl methyl sites for hydroxylation is 1. The van der Waals surface area contributed by atoms with Gasteiger partial charge in [-0.1, -0.05) is 18.2 Å². The largest absolute Gasteiger partial charge is 0.349 e. The second-order valence-corrected chi connectivity index (χ2v) is 7.29. The summed E-state index contributed by atoms with van der Waals surface area (Å²) in [4.78, 5) is 29.0. The Morgan fingerprint density at radius 1 is 1.12 bits per heavy atom. The van der Waals surface area contributed by atoms with Crippen molar-refractivity contribution in [3.05, 3.63) is 35.4 Å². The van der Waals surface area contributed by atoms with Gasteiger partial charge in [-0.15, -0.1) is 0 Å². The van der Waals surface area contributed by atoms with Crippen LogP contribution in [0.4, 0.5) is 0 Å². The SMILES string of the molecule is Cc1ccccc1C(=O)NC1CCN(CCC(=O)N2CCNCC2)CC1. The summed E-state index contributed by atoms with van der Waals surface area (Å²) in [5.74, 6) is 0.289. The minimum Gasteiger partial charge on any atom is -0.349 e. The standard InChI is InChI=1S/C20H30N4O2/c1-16-4-2-3-5-18(16)20(26)22-17-6-11-23(12-7-17)13-8-19(25)24-14-9-21-10-15-24/h2-5,17,21H,6-15H2,1H3,(H,22,26). The number of hydrogen-bond donors (Lipinski definition) is 2. The molecule has 2 aliphatic rings. The summed E-state index contributed by atoms with van der Waals surface area (Å²) in [6.45, 7) is 8.11. The number of nitrogens with zero attached hydrogens (tertiary/aromatic N) is 2. The fraction of sp³-hybridized carbons (Fsp3) is 0.600. The minimum absolute atomic E-state index is 0.0236. The normalized spacial score (nSPS) is 19.3. The second kappa shape index (κ2) is 9.14. The Kier molecular flexibility index (Phi) is 6.63. The fourth-order valence-electron chi connectivity index (χ4n) is 3.72. The average Bonchev–Trinajstić information content (AvgIpc) is 2.68. The second-order valence-electron chi connectivity index (χ2n) is 7.29. The lowest BCUT2D eigenvalue weighted by Gasteiger charge is -2.33. The summed E-state index contributed by atoms with van der Waals surface area (Å²) >= 11 is 0. The lowest BCUT2D eigenvalue weighted by atomic mass is 10.0. The van der Waals surface area contributed by atoms with E-state index in [4.69, 9.17) is 0 Å². The van der Waals surface area contributed by atoms with Crippen molar-refractivity contribution in [2.75, 3.05) is 45.8 Å². The van der Waals surface area contributed by atoms with Crippen molar-refractivity contribution in [1.29, 1.82) is 0 Å². The molecule has 2 amide bonds. The van der Waals surface area contributed by atoms with Crippen LogP contribution in [-0.4, -0.2) is 73.5 Å². The summed E-state index contributed by atoms with van der Waals surface area (Å²) in [7, 11) is 0. The van der Waals surface area contributed by atoms with Crippen LogP contribution < -0.4 is 10.6 Å². The smallest absolute Gasteiger partial charge is 0.251 e.